The number of pyridine rings is 1. The molecular weight excluding hydrogens is 268 g/mol. The maximum atomic E-state index is 4.83. The number of hydrogen-bond donors (Lipinski definition) is 0. The molecule has 0 saturated heterocycles. The fraction of sp³-hybridized carbons (Fsp3) is 0.200. The van der Waals surface area contributed by atoms with Gasteiger partial charge in [0.2, 0.25) is 0 Å². The van der Waals surface area contributed by atoms with Crippen LogP contribution in [0.4, 0.5) is 5.69 Å². The lowest BCUT2D eigenvalue weighted by molar-refractivity contribution is 1.27. The zero-order chi connectivity index (χ0) is 15.7. The summed E-state index contributed by atoms with van der Waals surface area (Å²) in [6, 6.07) is 16.6. The zero-order valence-electron chi connectivity index (χ0n) is 13.5. The van der Waals surface area contributed by atoms with Crippen LogP contribution in [0.15, 0.2) is 53.5 Å². The van der Waals surface area contributed by atoms with Crippen molar-refractivity contribution in [2.24, 2.45) is 4.99 Å². The van der Waals surface area contributed by atoms with Crippen LogP contribution >= 0.6 is 0 Å². The SMILES string of the molecule is CC(=Nc1c(C)cc(C)cc1C)c1ccc2ccccc2n1. The van der Waals surface area contributed by atoms with Crippen LogP contribution in [0.3, 0.4) is 0 Å². The number of aliphatic imine (C=N–C) groups is 1. The molecule has 0 N–H and O–H groups in total. The van der Waals surface area contributed by atoms with Gasteiger partial charge in [-0.2, -0.15) is 0 Å². The lowest BCUT2D eigenvalue weighted by atomic mass is 10.1. The van der Waals surface area contributed by atoms with Crippen LogP contribution in [-0.4, -0.2) is 10.7 Å². The maximum Gasteiger partial charge on any atom is 0.0849 e. The van der Waals surface area contributed by atoms with E-state index in [1.54, 1.807) is 0 Å². The summed E-state index contributed by atoms with van der Waals surface area (Å²) in [4.78, 5) is 9.55. The quantitative estimate of drug-likeness (QED) is 0.587. The third-order valence-electron chi connectivity index (χ3n) is 3.88. The highest BCUT2D eigenvalue weighted by molar-refractivity contribution is 6.00. The van der Waals surface area contributed by atoms with Gasteiger partial charge < -0.3 is 0 Å². The maximum absolute atomic E-state index is 4.83. The third-order valence-corrected chi connectivity index (χ3v) is 3.88. The molecule has 0 fully saturated rings. The fourth-order valence-corrected chi connectivity index (χ4v) is 2.84. The second-order valence-corrected chi connectivity index (χ2v) is 5.83. The van der Waals surface area contributed by atoms with Gasteiger partial charge in [0.05, 0.1) is 22.6 Å². The largest absolute Gasteiger partial charge is 0.251 e. The number of benzene rings is 2. The van der Waals surface area contributed by atoms with Crippen molar-refractivity contribution in [3.8, 4) is 0 Å². The van der Waals surface area contributed by atoms with Crippen molar-refractivity contribution >= 4 is 22.3 Å². The molecule has 22 heavy (non-hydrogen) atoms. The molecule has 0 radical (unpaired) electrons. The van der Waals surface area contributed by atoms with Gasteiger partial charge in [0.15, 0.2) is 0 Å². The summed E-state index contributed by atoms with van der Waals surface area (Å²) < 4.78 is 0. The van der Waals surface area contributed by atoms with E-state index in [4.69, 9.17) is 9.98 Å². The van der Waals surface area contributed by atoms with Crippen molar-refractivity contribution in [3.63, 3.8) is 0 Å². The van der Waals surface area contributed by atoms with Crippen molar-refractivity contribution in [2.75, 3.05) is 0 Å². The van der Waals surface area contributed by atoms with Crippen molar-refractivity contribution in [1.29, 1.82) is 0 Å². The van der Waals surface area contributed by atoms with Crippen LogP contribution in [0.25, 0.3) is 10.9 Å². The van der Waals surface area contributed by atoms with Gasteiger partial charge >= 0.3 is 0 Å². The Kier molecular flexibility index (Phi) is 3.76. The van der Waals surface area contributed by atoms with Crippen molar-refractivity contribution < 1.29 is 0 Å². The average molecular weight is 288 g/mol. The topological polar surface area (TPSA) is 25.2 Å². The molecule has 3 aromatic rings. The van der Waals surface area contributed by atoms with E-state index < -0.39 is 0 Å². The van der Waals surface area contributed by atoms with E-state index in [9.17, 15) is 0 Å². The first-order valence-corrected chi connectivity index (χ1v) is 7.54. The molecule has 0 aliphatic rings. The molecule has 0 saturated carbocycles. The molecule has 1 heterocycles. The van der Waals surface area contributed by atoms with E-state index in [1.807, 2.05) is 31.2 Å². The van der Waals surface area contributed by atoms with Crippen LogP contribution < -0.4 is 0 Å². The van der Waals surface area contributed by atoms with Crippen LogP contribution in [0.1, 0.15) is 29.3 Å². The Hall–Kier alpha value is -2.48. The molecule has 1 aromatic heterocycles. The minimum Gasteiger partial charge on any atom is -0.251 e. The van der Waals surface area contributed by atoms with E-state index in [-0.39, 0.29) is 0 Å². The number of fused-ring (bicyclic) bond motifs is 1. The standard InChI is InChI=1S/C20H20N2/c1-13-11-14(2)20(15(3)12-13)21-16(4)18-10-9-17-7-5-6-8-19(17)22-18/h5-12H,1-4H3. The molecule has 110 valence electrons. The smallest absolute Gasteiger partial charge is 0.0849 e. The first kappa shape index (κ1) is 14.5. The highest BCUT2D eigenvalue weighted by Gasteiger charge is 2.06. The summed E-state index contributed by atoms with van der Waals surface area (Å²) in [6.07, 6.45) is 0. The Morgan fingerprint density at radius 2 is 1.59 bits per heavy atom. The van der Waals surface area contributed by atoms with Gasteiger partial charge in [-0.1, -0.05) is 42.0 Å². The Balaban J connectivity index is 2.07. The lowest BCUT2D eigenvalue weighted by Gasteiger charge is -2.09. The first-order chi connectivity index (χ1) is 10.5. The number of nitrogens with zero attached hydrogens (tertiary/aromatic N) is 2. The molecule has 2 aromatic carbocycles. The molecule has 3 rings (SSSR count). The molecule has 2 nitrogen and oxygen atoms in total. The first-order valence-electron chi connectivity index (χ1n) is 7.54. The Morgan fingerprint density at radius 3 is 2.32 bits per heavy atom. The van der Waals surface area contributed by atoms with Gasteiger partial charge in [-0.25, -0.2) is 4.98 Å². The molecule has 0 spiro atoms. The second kappa shape index (κ2) is 5.72. The Morgan fingerprint density at radius 1 is 0.909 bits per heavy atom. The van der Waals surface area contributed by atoms with Crippen molar-refractivity contribution in [1.82, 2.24) is 4.98 Å². The average Bonchev–Trinajstić information content (AvgIpc) is 2.50. The number of rotatable bonds is 2. The number of aromatic nitrogens is 1. The predicted octanol–water partition coefficient (Wildman–Crippen LogP) is 5.30. The molecule has 0 aliphatic heterocycles. The van der Waals surface area contributed by atoms with Gasteiger partial charge in [0.1, 0.15) is 0 Å². The van der Waals surface area contributed by atoms with Crippen molar-refractivity contribution in [2.45, 2.75) is 27.7 Å². The van der Waals surface area contributed by atoms with E-state index in [1.165, 1.54) is 16.7 Å². The van der Waals surface area contributed by atoms with Crippen LogP contribution in [0.2, 0.25) is 0 Å². The Labute approximate surface area is 131 Å². The predicted molar refractivity (Wildman–Crippen MR) is 94.3 cm³/mol. The monoisotopic (exact) mass is 288 g/mol. The summed E-state index contributed by atoms with van der Waals surface area (Å²) in [5.41, 5.74) is 7.62. The summed E-state index contributed by atoms with van der Waals surface area (Å²) in [5, 5.41) is 1.15. The van der Waals surface area contributed by atoms with Gasteiger partial charge in [0.25, 0.3) is 0 Å². The van der Waals surface area contributed by atoms with Gasteiger partial charge in [-0.05, 0) is 51.0 Å². The minimum atomic E-state index is 0.929. The summed E-state index contributed by atoms with van der Waals surface area (Å²) >= 11 is 0. The summed E-state index contributed by atoms with van der Waals surface area (Å²) in [7, 11) is 0. The summed E-state index contributed by atoms with van der Waals surface area (Å²) in [6.45, 7) is 8.36. The van der Waals surface area contributed by atoms with Crippen molar-refractivity contribution in [3.05, 3.63) is 70.9 Å². The van der Waals surface area contributed by atoms with Crippen LogP contribution in [0.5, 0.6) is 0 Å². The highest BCUT2D eigenvalue weighted by atomic mass is 14.8. The number of aryl methyl sites for hydroxylation is 3. The summed E-state index contributed by atoms with van der Waals surface area (Å²) in [5.74, 6) is 0. The van der Waals surface area contributed by atoms with E-state index in [2.05, 4.69) is 45.0 Å². The molecule has 0 amide bonds. The van der Waals surface area contributed by atoms with Crippen LogP contribution in [-0.2, 0) is 0 Å². The second-order valence-electron chi connectivity index (χ2n) is 5.83. The Bertz CT molecular complexity index is 853. The molecule has 0 aliphatic carbocycles. The number of para-hydroxylation sites is 1. The third kappa shape index (κ3) is 2.77. The van der Waals surface area contributed by atoms with Gasteiger partial charge in [-0.15, -0.1) is 0 Å². The van der Waals surface area contributed by atoms with Gasteiger partial charge in [0, 0.05) is 5.39 Å². The number of hydrogen-bond acceptors (Lipinski definition) is 2. The molecule has 0 unspecified atom stereocenters. The molecule has 2 heteroatoms. The lowest BCUT2D eigenvalue weighted by Crippen LogP contribution is -1.99. The molecule has 0 bridgehead atoms. The zero-order valence-corrected chi connectivity index (χ0v) is 13.5. The molecular formula is C20H20N2. The van der Waals surface area contributed by atoms with Crippen LogP contribution in [0, 0.1) is 20.8 Å². The highest BCUT2D eigenvalue weighted by Crippen LogP contribution is 2.26. The fourth-order valence-electron chi connectivity index (χ4n) is 2.84. The van der Waals surface area contributed by atoms with E-state index in [0.717, 1.165) is 28.0 Å². The minimum absolute atomic E-state index is 0.929. The normalized spacial score (nSPS) is 11.9. The van der Waals surface area contributed by atoms with Gasteiger partial charge in [-0.3, -0.25) is 4.99 Å². The van der Waals surface area contributed by atoms with E-state index in [0.29, 0.717) is 0 Å². The molecule has 0 atom stereocenters. The van der Waals surface area contributed by atoms with E-state index >= 15 is 0 Å².